The van der Waals surface area contributed by atoms with Gasteiger partial charge in [0.1, 0.15) is 21.0 Å². The van der Waals surface area contributed by atoms with Gasteiger partial charge in [-0.25, -0.2) is 0 Å². The first kappa shape index (κ1) is 43.5. The van der Waals surface area contributed by atoms with Crippen LogP contribution in [0.3, 0.4) is 0 Å². The van der Waals surface area contributed by atoms with Crippen molar-refractivity contribution in [3.8, 4) is 0 Å². The molecule has 0 aromatic heterocycles. The van der Waals surface area contributed by atoms with Crippen molar-refractivity contribution in [3.05, 3.63) is 0 Å². The van der Waals surface area contributed by atoms with E-state index in [0.29, 0.717) is 11.8 Å². The Morgan fingerprint density at radius 3 is 0.667 bits per heavy atom. The maximum Gasteiger partial charge on any atom is 0.270 e. The van der Waals surface area contributed by atoms with Crippen molar-refractivity contribution in [2.24, 2.45) is 47.3 Å². The first-order valence-electron chi connectivity index (χ1n) is 20.2. The van der Waals surface area contributed by atoms with E-state index in [1.807, 2.05) is 0 Å². The summed E-state index contributed by atoms with van der Waals surface area (Å²) in [6.07, 6.45) is 7.44. The normalized spacial score (nSPS) is 50.2. The molecule has 0 aromatic rings. The summed E-state index contributed by atoms with van der Waals surface area (Å²) < 4.78 is 149. The molecular formula is C32H56CuN8O12S4. The van der Waals surface area contributed by atoms with E-state index in [-0.39, 0.29) is 65.4 Å². The van der Waals surface area contributed by atoms with Crippen molar-refractivity contribution >= 4 is 40.5 Å². The fourth-order valence-corrected chi connectivity index (χ4v) is 20.7. The molecule has 20 atom stereocenters. The molecule has 25 heteroatoms. The third-order valence-electron chi connectivity index (χ3n) is 15.4. The number of hydrogen-bond acceptors (Lipinski definition) is 16. The third kappa shape index (κ3) is 7.72. The molecule has 331 valence electrons. The van der Waals surface area contributed by atoms with Gasteiger partial charge in [-0.15, -0.1) is 0 Å². The molecule has 4 aliphatic carbocycles. The Morgan fingerprint density at radius 2 is 0.474 bits per heavy atom. The second-order valence-electron chi connectivity index (χ2n) is 18.1. The molecule has 0 amide bonds. The number of fused-ring (bicyclic) bond motifs is 20. The van der Waals surface area contributed by atoms with E-state index in [0.717, 1.165) is 77.0 Å². The average molecular weight is 937 g/mol. The second kappa shape index (κ2) is 15.6. The molecule has 8 bridgehead atoms. The van der Waals surface area contributed by atoms with E-state index in [9.17, 15) is 51.9 Å². The van der Waals surface area contributed by atoms with Crippen molar-refractivity contribution in [2.75, 3.05) is 0 Å². The second-order valence-corrected chi connectivity index (χ2v) is 24.4. The summed E-state index contributed by atoms with van der Waals surface area (Å²) in [5.41, 5.74) is 0. The summed E-state index contributed by atoms with van der Waals surface area (Å²) in [4.78, 5) is 0. The van der Waals surface area contributed by atoms with Crippen LogP contribution in [0.2, 0.25) is 0 Å². The first-order chi connectivity index (χ1) is 26.3. The Balaban J connectivity index is 0.00000455. The van der Waals surface area contributed by atoms with Gasteiger partial charge in [0.15, 0.2) is 0 Å². The van der Waals surface area contributed by atoms with Crippen molar-refractivity contribution < 1.29 is 69.0 Å². The molecule has 57 heavy (non-hydrogen) atoms. The standard InChI is InChI=1S/C32H56N8O12S4.Cu/c41-53(42,43)21-19-20(22(54(44,45)46)24(56(50,51)52)23(21)55(47,48)49)32-39-30-18-12-6-4-10-16(18)28(37-30)35-26-14-8-2-1-7-13(14)25(33-26)34-27-15-9-3-5-11-17(15)29(36-27)38-31(19)40-32;/h13-40H,1-12H2,(H,41,42,43)(H,44,45,46)(H,47,48,49)(H,50,51,52);. The summed E-state index contributed by atoms with van der Waals surface area (Å²) in [6.45, 7) is 0. The van der Waals surface area contributed by atoms with E-state index in [2.05, 4.69) is 42.5 Å². The van der Waals surface area contributed by atoms with E-state index < -0.39 is 98.0 Å². The molecule has 4 saturated carbocycles. The first-order valence-corrected chi connectivity index (χ1v) is 26.3. The van der Waals surface area contributed by atoms with Crippen molar-refractivity contribution in [2.45, 2.75) is 147 Å². The van der Waals surface area contributed by atoms with E-state index in [1.165, 1.54) is 0 Å². The van der Waals surface area contributed by atoms with Crippen LogP contribution >= 0.6 is 0 Å². The summed E-state index contributed by atoms with van der Waals surface area (Å²) in [7, 11) is -23.0. The minimum absolute atomic E-state index is 0. The third-order valence-corrected chi connectivity index (χ3v) is 21.0. The topological polar surface area (TPSA) is 314 Å². The largest absolute Gasteiger partial charge is 0.286 e. The smallest absolute Gasteiger partial charge is 0.270 e. The Morgan fingerprint density at radius 1 is 0.298 bits per heavy atom. The summed E-state index contributed by atoms with van der Waals surface area (Å²) in [5.74, 6) is -2.57. The van der Waals surface area contributed by atoms with Gasteiger partial charge in [0.25, 0.3) is 40.5 Å². The molecule has 5 aliphatic heterocycles. The summed E-state index contributed by atoms with van der Waals surface area (Å²) in [6, 6.07) is 0. The molecular weight excluding hydrogens is 880 g/mol. The SMILES string of the molecule is O=S(=O)(O)C1C2C3NC4NC(NC5NC(NC6NC(NC(N3)C2C(S(=O)(=O)O)C(S(=O)(=O)O)C1S(=O)(=O)O)C1CCCCC61)C1CCCCC51)C1CCCCC41.[Cu]. The van der Waals surface area contributed by atoms with Crippen molar-refractivity contribution in [1.29, 1.82) is 0 Å². The van der Waals surface area contributed by atoms with Crippen LogP contribution in [0.1, 0.15) is 77.0 Å². The molecule has 20 unspecified atom stereocenters. The Bertz CT molecular complexity index is 1850. The van der Waals surface area contributed by atoms with Crippen LogP contribution in [0, 0.1) is 47.3 Å². The fourth-order valence-electron chi connectivity index (χ4n) is 13.4. The van der Waals surface area contributed by atoms with Crippen LogP contribution in [-0.2, 0) is 57.5 Å². The average Bonchev–Trinajstić information content (AvgIpc) is 3.84. The zero-order valence-corrected chi connectivity index (χ0v) is 35.2. The van der Waals surface area contributed by atoms with Crippen LogP contribution in [0.25, 0.3) is 0 Å². The molecule has 9 rings (SSSR count). The minimum atomic E-state index is -5.87. The molecule has 1 radical (unpaired) electrons. The van der Waals surface area contributed by atoms with E-state index in [4.69, 9.17) is 0 Å². The molecule has 12 N–H and O–H groups in total. The van der Waals surface area contributed by atoms with Gasteiger partial charge < -0.3 is 0 Å². The predicted molar refractivity (Wildman–Crippen MR) is 200 cm³/mol. The molecule has 5 heterocycles. The zero-order chi connectivity index (χ0) is 39.7. The van der Waals surface area contributed by atoms with Crippen LogP contribution in [0.15, 0.2) is 0 Å². The Kier molecular flexibility index (Phi) is 11.9. The van der Waals surface area contributed by atoms with Gasteiger partial charge in [-0.05, 0) is 74.0 Å². The van der Waals surface area contributed by atoms with E-state index in [1.54, 1.807) is 0 Å². The summed E-state index contributed by atoms with van der Waals surface area (Å²) in [5, 5.41) is 17.7. The van der Waals surface area contributed by atoms with E-state index >= 15 is 0 Å². The maximum atomic E-state index is 13.4. The fraction of sp³-hybridized carbons (Fsp3) is 1.00. The number of nitrogens with one attached hydrogen (secondary N) is 8. The van der Waals surface area contributed by atoms with Gasteiger partial charge in [-0.2, -0.15) is 33.7 Å². The molecule has 9 aliphatic rings. The zero-order valence-electron chi connectivity index (χ0n) is 31.0. The van der Waals surface area contributed by atoms with Gasteiger partial charge in [0, 0.05) is 28.9 Å². The van der Waals surface area contributed by atoms with Crippen LogP contribution < -0.4 is 42.5 Å². The van der Waals surface area contributed by atoms with Gasteiger partial charge in [-0.3, -0.25) is 60.7 Å². The minimum Gasteiger partial charge on any atom is -0.286 e. The monoisotopic (exact) mass is 935 g/mol. The maximum absolute atomic E-state index is 13.4. The van der Waals surface area contributed by atoms with Gasteiger partial charge >= 0.3 is 0 Å². The predicted octanol–water partition coefficient (Wildman–Crippen LogP) is -1.93. The van der Waals surface area contributed by atoms with Crippen LogP contribution in [0.4, 0.5) is 0 Å². The van der Waals surface area contributed by atoms with Crippen LogP contribution in [-0.4, -0.2) is 122 Å². The van der Waals surface area contributed by atoms with Gasteiger partial charge in [0.05, 0.1) is 49.3 Å². The van der Waals surface area contributed by atoms with Crippen molar-refractivity contribution in [3.63, 3.8) is 0 Å². The van der Waals surface area contributed by atoms with Gasteiger partial charge in [0.2, 0.25) is 0 Å². The molecule has 20 nitrogen and oxygen atoms in total. The van der Waals surface area contributed by atoms with Crippen LogP contribution in [0.5, 0.6) is 0 Å². The van der Waals surface area contributed by atoms with Gasteiger partial charge in [-0.1, -0.05) is 38.5 Å². The molecule has 9 fully saturated rings. The molecule has 5 saturated heterocycles. The quantitative estimate of drug-likeness (QED) is 0.108. The number of hydrogen-bond donors (Lipinski definition) is 12. The molecule has 0 spiro atoms. The number of rotatable bonds is 4. The Labute approximate surface area is 345 Å². The molecule has 0 aromatic carbocycles. The van der Waals surface area contributed by atoms with Crippen molar-refractivity contribution in [1.82, 2.24) is 42.5 Å². The Hall–Kier alpha value is -0.161. The summed E-state index contributed by atoms with van der Waals surface area (Å²) >= 11 is 0.